The molecular weight excluding hydrogens is 340 g/mol. The molecule has 2 unspecified atom stereocenters. The Kier molecular flexibility index (Phi) is 9.79. The van der Waals surface area contributed by atoms with Gasteiger partial charge in [-0.15, -0.1) is 0 Å². The van der Waals surface area contributed by atoms with Gasteiger partial charge in [0.05, 0.1) is 5.60 Å². The van der Waals surface area contributed by atoms with Crippen molar-refractivity contribution in [1.82, 2.24) is 0 Å². The van der Waals surface area contributed by atoms with Crippen molar-refractivity contribution in [2.75, 3.05) is 6.61 Å². The maximum Gasteiger partial charge on any atom is 0.0685 e. The summed E-state index contributed by atoms with van der Waals surface area (Å²) in [7, 11) is 0. The van der Waals surface area contributed by atoms with Crippen molar-refractivity contribution >= 4 is 0 Å². The Hall–Kier alpha value is -1.08. The van der Waals surface area contributed by atoms with Crippen LogP contribution in [0.2, 0.25) is 0 Å². The Morgan fingerprint density at radius 3 is 2.46 bits per heavy atom. The predicted octanol–water partition coefficient (Wildman–Crippen LogP) is 8.34. The molecule has 1 aliphatic heterocycles. The number of ether oxygens (including phenoxy) is 1. The first-order chi connectivity index (χ1) is 13.4. The highest BCUT2D eigenvalue weighted by molar-refractivity contribution is 5.08. The molecule has 0 fully saturated rings. The minimum absolute atomic E-state index is 0.0103. The lowest BCUT2D eigenvalue weighted by molar-refractivity contribution is -0.0892. The van der Waals surface area contributed by atoms with Crippen LogP contribution in [0.5, 0.6) is 0 Å². The molecule has 1 aliphatic carbocycles. The summed E-state index contributed by atoms with van der Waals surface area (Å²) in [4.78, 5) is 0. The van der Waals surface area contributed by atoms with Gasteiger partial charge >= 0.3 is 0 Å². The van der Waals surface area contributed by atoms with Crippen molar-refractivity contribution in [3.05, 3.63) is 48.1 Å². The normalized spacial score (nSPS) is 36.3. The second-order valence-corrected chi connectivity index (χ2v) is 9.83. The van der Waals surface area contributed by atoms with E-state index in [1.165, 1.54) is 44.1 Å². The van der Waals surface area contributed by atoms with Gasteiger partial charge in [-0.2, -0.15) is 0 Å². The van der Waals surface area contributed by atoms with Gasteiger partial charge in [0.1, 0.15) is 0 Å². The standard InChI is InChI=1S/C27H44O/c1-24-16-14-20-26(2,3)22-23-28-27(4,21-15-17-24)25-18-12-10-8-6-5-7-9-11-13-19-25/h5-6,9,11,14,17,20,25H,7-8,10,12-13,15-16,18-19,21-23H2,1-4H3/b6-5+,11-9-,20-14+,24-17+. The van der Waals surface area contributed by atoms with E-state index in [4.69, 9.17) is 4.74 Å². The molecule has 1 nitrogen and oxygen atoms in total. The lowest BCUT2D eigenvalue weighted by Gasteiger charge is -2.39. The first kappa shape index (κ1) is 23.2. The number of rotatable bonds is 1. The third kappa shape index (κ3) is 8.52. The number of hydrogen-bond acceptors (Lipinski definition) is 1. The SMILES string of the molecule is C/C1=C\CCC(C)(C2CC/C=C\C/C=C/CCCC2)OCCC(C)(C)/C=C/C1. The van der Waals surface area contributed by atoms with Crippen molar-refractivity contribution in [3.63, 3.8) is 0 Å². The van der Waals surface area contributed by atoms with Gasteiger partial charge in [0.25, 0.3) is 0 Å². The summed E-state index contributed by atoms with van der Waals surface area (Å²) in [5.74, 6) is 0.649. The summed E-state index contributed by atoms with van der Waals surface area (Å²) < 4.78 is 6.74. The van der Waals surface area contributed by atoms with Crippen molar-refractivity contribution < 1.29 is 4.74 Å². The summed E-state index contributed by atoms with van der Waals surface area (Å²) in [5, 5.41) is 0. The molecular formula is C27H44O. The van der Waals surface area contributed by atoms with Crippen molar-refractivity contribution in [2.24, 2.45) is 11.3 Å². The van der Waals surface area contributed by atoms with Gasteiger partial charge in [0.2, 0.25) is 0 Å². The van der Waals surface area contributed by atoms with Crippen LogP contribution in [-0.2, 0) is 4.74 Å². The lowest BCUT2D eigenvalue weighted by Crippen LogP contribution is -2.39. The van der Waals surface area contributed by atoms with Gasteiger partial charge in [0, 0.05) is 6.61 Å². The highest BCUT2D eigenvalue weighted by Gasteiger charge is 2.34. The molecule has 2 rings (SSSR count). The molecule has 1 heterocycles. The summed E-state index contributed by atoms with van der Waals surface area (Å²) in [6.07, 6.45) is 29.7. The third-order valence-corrected chi connectivity index (χ3v) is 6.64. The molecule has 2 aliphatic rings. The highest BCUT2D eigenvalue weighted by Crippen LogP contribution is 2.37. The zero-order valence-electron chi connectivity index (χ0n) is 19.0. The van der Waals surface area contributed by atoms with Crippen LogP contribution in [0.15, 0.2) is 48.1 Å². The van der Waals surface area contributed by atoms with Gasteiger partial charge in [-0.1, -0.05) is 68.4 Å². The van der Waals surface area contributed by atoms with Crippen LogP contribution in [0.4, 0.5) is 0 Å². The van der Waals surface area contributed by atoms with E-state index < -0.39 is 0 Å². The fraction of sp³-hybridized carbons (Fsp3) is 0.704. The molecule has 0 aromatic carbocycles. The molecule has 0 N–H and O–H groups in total. The number of allylic oxidation sites excluding steroid dienone is 8. The fourth-order valence-electron chi connectivity index (χ4n) is 4.49. The van der Waals surface area contributed by atoms with Gasteiger partial charge in [-0.3, -0.25) is 0 Å². The maximum absolute atomic E-state index is 6.74. The molecule has 0 aromatic rings. The Bertz CT molecular complexity index is 563. The van der Waals surface area contributed by atoms with E-state index in [-0.39, 0.29) is 11.0 Å². The van der Waals surface area contributed by atoms with E-state index >= 15 is 0 Å². The summed E-state index contributed by atoms with van der Waals surface area (Å²) in [6.45, 7) is 10.2. The van der Waals surface area contributed by atoms with Crippen molar-refractivity contribution in [3.8, 4) is 0 Å². The van der Waals surface area contributed by atoms with Crippen LogP contribution in [0.25, 0.3) is 0 Å². The monoisotopic (exact) mass is 384 g/mol. The first-order valence-corrected chi connectivity index (χ1v) is 11.7. The molecule has 0 bridgehead atoms. The smallest absolute Gasteiger partial charge is 0.0685 e. The Balaban J connectivity index is 2.13. The molecule has 1 heteroatoms. The minimum atomic E-state index is -0.0103. The third-order valence-electron chi connectivity index (χ3n) is 6.64. The van der Waals surface area contributed by atoms with E-state index in [2.05, 4.69) is 70.2 Å². The van der Waals surface area contributed by atoms with Crippen LogP contribution in [-0.4, -0.2) is 12.2 Å². The summed E-state index contributed by atoms with van der Waals surface area (Å²) in [6, 6.07) is 0. The number of hydrogen-bond donors (Lipinski definition) is 0. The summed E-state index contributed by atoms with van der Waals surface area (Å²) >= 11 is 0. The summed E-state index contributed by atoms with van der Waals surface area (Å²) in [5.41, 5.74) is 1.69. The van der Waals surface area contributed by atoms with Crippen LogP contribution < -0.4 is 0 Å². The van der Waals surface area contributed by atoms with Gasteiger partial charge in [-0.25, -0.2) is 0 Å². The molecule has 0 saturated heterocycles. The molecule has 0 saturated carbocycles. The highest BCUT2D eigenvalue weighted by atomic mass is 16.5. The van der Waals surface area contributed by atoms with Gasteiger partial charge in [-0.05, 0) is 89.4 Å². The molecule has 0 aromatic heterocycles. The Labute approximate surface area is 175 Å². The average molecular weight is 385 g/mol. The van der Waals surface area contributed by atoms with Crippen molar-refractivity contribution in [1.29, 1.82) is 0 Å². The Morgan fingerprint density at radius 1 is 0.857 bits per heavy atom. The van der Waals surface area contributed by atoms with E-state index in [0.29, 0.717) is 5.92 Å². The molecule has 28 heavy (non-hydrogen) atoms. The lowest BCUT2D eigenvalue weighted by atomic mass is 9.78. The molecule has 0 spiro atoms. The van der Waals surface area contributed by atoms with Gasteiger partial charge < -0.3 is 4.74 Å². The molecule has 0 radical (unpaired) electrons. The minimum Gasteiger partial charge on any atom is -0.375 e. The van der Waals surface area contributed by atoms with E-state index in [9.17, 15) is 0 Å². The first-order valence-electron chi connectivity index (χ1n) is 11.7. The van der Waals surface area contributed by atoms with Crippen molar-refractivity contribution in [2.45, 2.75) is 104 Å². The maximum atomic E-state index is 6.74. The van der Waals surface area contributed by atoms with Crippen LogP contribution in [0.3, 0.4) is 0 Å². The van der Waals surface area contributed by atoms with E-state index in [1.807, 2.05) is 0 Å². The van der Waals surface area contributed by atoms with E-state index in [1.54, 1.807) is 0 Å². The second kappa shape index (κ2) is 11.8. The Morgan fingerprint density at radius 2 is 1.64 bits per heavy atom. The fourth-order valence-corrected chi connectivity index (χ4v) is 4.49. The second-order valence-electron chi connectivity index (χ2n) is 9.83. The molecule has 2 atom stereocenters. The topological polar surface area (TPSA) is 9.23 Å². The van der Waals surface area contributed by atoms with Gasteiger partial charge in [0.15, 0.2) is 0 Å². The van der Waals surface area contributed by atoms with E-state index in [0.717, 1.165) is 38.7 Å². The zero-order chi connectivity index (χ0) is 20.3. The molecule has 0 amide bonds. The van der Waals surface area contributed by atoms with Crippen LogP contribution in [0.1, 0.15) is 98.3 Å². The van der Waals surface area contributed by atoms with Crippen LogP contribution >= 0.6 is 0 Å². The predicted molar refractivity (Wildman–Crippen MR) is 124 cm³/mol. The largest absolute Gasteiger partial charge is 0.375 e. The average Bonchev–Trinajstić information content (AvgIpc) is 2.61. The zero-order valence-corrected chi connectivity index (χ0v) is 19.0. The van der Waals surface area contributed by atoms with Crippen LogP contribution in [0, 0.1) is 11.3 Å². The molecule has 158 valence electrons. The quantitative estimate of drug-likeness (QED) is 0.413.